The Morgan fingerprint density at radius 1 is 1.29 bits per heavy atom. The highest BCUT2D eigenvalue weighted by atomic mass is 16.5. The van der Waals surface area contributed by atoms with Gasteiger partial charge >= 0.3 is 0 Å². The lowest BCUT2D eigenvalue weighted by molar-refractivity contribution is -0.129. The lowest BCUT2D eigenvalue weighted by atomic mass is 10.1. The molecule has 0 aliphatic carbocycles. The van der Waals surface area contributed by atoms with Crippen molar-refractivity contribution < 1.29 is 9.53 Å². The lowest BCUT2D eigenvalue weighted by Crippen LogP contribution is -2.37. The van der Waals surface area contributed by atoms with Crippen LogP contribution >= 0.6 is 0 Å². The lowest BCUT2D eigenvalue weighted by Gasteiger charge is -2.25. The summed E-state index contributed by atoms with van der Waals surface area (Å²) in [6.07, 6.45) is 3.68. The second-order valence-corrected chi connectivity index (χ2v) is 5.55. The fourth-order valence-corrected chi connectivity index (χ4v) is 2.86. The quantitative estimate of drug-likeness (QED) is 0.706. The minimum Gasteiger partial charge on any atom is -0.383 e. The molecule has 1 saturated heterocycles. The summed E-state index contributed by atoms with van der Waals surface area (Å²) in [6.45, 7) is 3.40. The van der Waals surface area contributed by atoms with Crippen molar-refractivity contribution in [3.63, 3.8) is 0 Å². The highest BCUT2D eigenvalue weighted by molar-refractivity contribution is 5.78. The van der Waals surface area contributed by atoms with E-state index in [4.69, 9.17) is 4.74 Å². The molecule has 1 heterocycles. The number of likely N-dealkylation sites (tertiary alicyclic amines) is 1. The molecule has 0 aromatic heterocycles. The average Bonchev–Trinajstić information content (AvgIpc) is 2.86. The zero-order chi connectivity index (χ0) is 14.9. The fraction of sp³-hybridized carbons (Fsp3) is 0.588. The van der Waals surface area contributed by atoms with Crippen LogP contribution in [0.5, 0.6) is 0 Å². The van der Waals surface area contributed by atoms with Crippen molar-refractivity contribution in [3.8, 4) is 0 Å². The van der Waals surface area contributed by atoms with Crippen molar-refractivity contribution in [2.75, 3.05) is 33.4 Å². The van der Waals surface area contributed by atoms with Gasteiger partial charge in [-0.25, -0.2) is 0 Å². The molecule has 116 valence electrons. The first-order valence-electron chi connectivity index (χ1n) is 7.84. The van der Waals surface area contributed by atoms with Crippen LogP contribution in [0.1, 0.15) is 24.8 Å². The van der Waals surface area contributed by atoms with Gasteiger partial charge in [0.2, 0.25) is 5.91 Å². The Balaban J connectivity index is 1.74. The van der Waals surface area contributed by atoms with E-state index in [2.05, 4.69) is 34.5 Å². The molecular formula is C17H26N2O2. The number of carbonyl (C=O) groups is 1. The minimum absolute atomic E-state index is 0.313. The predicted molar refractivity (Wildman–Crippen MR) is 84.2 cm³/mol. The summed E-state index contributed by atoms with van der Waals surface area (Å²) < 4.78 is 5.01. The molecule has 0 saturated carbocycles. The zero-order valence-electron chi connectivity index (χ0n) is 12.9. The number of ether oxygens (including phenoxy) is 1. The second kappa shape index (κ2) is 8.80. The molecular weight excluding hydrogens is 264 g/mol. The van der Waals surface area contributed by atoms with Crippen molar-refractivity contribution >= 4 is 5.91 Å². The standard InChI is InChI=1S/C17H26N2O2/c1-21-14-12-18-11-9-16-7-8-17(20)19(16)13-10-15-5-3-2-4-6-15/h2-6,16,18H,7-14H2,1H3/t16-/m0/s1. The summed E-state index contributed by atoms with van der Waals surface area (Å²) in [4.78, 5) is 14.1. The topological polar surface area (TPSA) is 41.6 Å². The van der Waals surface area contributed by atoms with Gasteiger partial charge in [0.25, 0.3) is 0 Å². The number of methoxy groups -OCH3 is 1. The number of carbonyl (C=O) groups excluding carboxylic acids is 1. The van der Waals surface area contributed by atoms with Gasteiger partial charge in [0.15, 0.2) is 0 Å². The Morgan fingerprint density at radius 2 is 2.10 bits per heavy atom. The Labute approximate surface area is 127 Å². The van der Waals surface area contributed by atoms with Gasteiger partial charge in [0, 0.05) is 32.7 Å². The maximum atomic E-state index is 12.0. The normalized spacial score (nSPS) is 18.4. The molecule has 4 nitrogen and oxygen atoms in total. The van der Waals surface area contributed by atoms with Crippen LogP contribution in [0.3, 0.4) is 0 Å². The zero-order valence-corrected chi connectivity index (χ0v) is 12.9. The van der Waals surface area contributed by atoms with E-state index < -0.39 is 0 Å². The van der Waals surface area contributed by atoms with Gasteiger partial charge in [-0.05, 0) is 31.4 Å². The van der Waals surface area contributed by atoms with Gasteiger partial charge in [-0.1, -0.05) is 30.3 Å². The maximum Gasteiger partial charge on any atom is 0.222 e. The van der Waals surface area contributed by atoms with Crippen LogP contribution < -0.4 is 5.32 Å². The number of amides is 1. The van der Waals surface area contributed by atoms with Gasteiger partial charge in [-0.2, -0.15) is 0 Å². The van der Waals surface area contributed by atoms with E-state index in [1.807, 2.05) is 6.07 Å². The summed E-state index contributed by atoms with van der Waals surface area (Å²) in [5.41, 5.74) is 1.30. The first-order chi connectivity index (χ1) is 10.3. The molecule has 1 N–H and O–H groups in total. The molecule has 21 heavy (non-hydrogen) atoms. The fourth-order valence-electron chi connectivity index (χ4n) is 2.86. The molecule has 1 amide bonds. The van der Waals surface area contributed by atoms with E-state index >= 15 is 0 Å². The van der Waals surface area contributed by atoms with Crippen molar-refractivity contribution in [1.29, 1.82) is 0 Å². The van der Waals surface area contributed by atoms with Gasteiger partial charge in [0.1, 0.15) is 0 Å². The van der Waals surface area contributed by atoms with Gasteiger partial charge in [-0.15, -0.1) is 0 Å². The molecule has 1 aromatic rings. The second-order valence-electron chi connectivity index (χ2n) is 5.55. The summed E-state index contributed by atoms with van der Waals surface area (Å²) in [6, 6.07) is 10.8. The van der Waals surface area contributed by atoms with E-state index in [-0.39, 0.29) is 0 Å². The number of hydrogen-bond donors (Lipinski definition) is 1. The van der Waals surface area contributed by atoms with Crippen LogP contribution in [-0.2, 0) is 16.0 Å². The molecule has 0 bridgehead atoms. The third kappa shape index (κ3) is 5.14. The van der Waals surface area contributed by atoms with Crippen LogP contribution in [0.2, 0.25) is 0 Å². The molecule has 1 fully saturated rings. The van der Waals surface area contributed by atoms with Gasteiger partial charge in [-0.3, -0.25) is 4.79 Å². The summed E-state index contributed by atoms with van der Waals surface area (Å²) in [7, 11) is 1.71. The predicted octanol–water partition coefficient (Wildman–Crippen LogP) is 1.85. The Bertz CT molecular complexity index is 422. The van der Waals surface area contributed by atoms with E-state index in [0.29, 0.717) is 18.4 Å². The molecule has 4 heteroatoms. The van der Waals surface area contributed by atoms with Crippen LogP contribution in [-0.4, -0.2) is 50.2 Å². The number of hydrogen-bond acceptors (Lipinski definition) is 3. The smallest absolute Gasteiger partial charge is 0.222 e. The van der Waals surface area contributed by atoms with Crippen LogP contribution in [0.15, 0.2) is 30.3 Å². The SMILES string of the molecule is COCCNCC[C@@H]1CCC(=O)N1CCc1ccccc1. The van der Waals surface area contributed by atoms with Crippen molar-refractivity contribution in [3.05, 3.63) is 35.9 Å². The third-order valence-electron chi connectivity index (χ3n) is 4.07. The maximum absolute atomic E-state index is 12.0. The van der Waals surface area contributed by atoms with Crippen molar-refractivity contribution in [2.45, 2.75) is 31.7 Å². The number of nitrogens with one attached hydrogen (secondary N) is 1. The Hall–Kier alpha value is -1.39. The molecule has 1 atom stereocenters. The largest absolute Gasteiger partial charge is 0.383 e. The molecule has 0 unspecified atom stereocenters. The van der Waals surface area contributed by atoms with E-state index in [0.717, 1.165) is 45.5 Å². The monoisotopic (exact) mass is 290 g/mol. The summed E-state index contributed by atoms with van der Waals surface area (Å²) in [5, 5.41) is 3.36. The first kappa shape index (κ1) is 16.0. The number of nitrogens with zero attached hydrogens (tertiary/aromatic N) is 1. The van der Waals surface area contributed by atoms with Crippen molar-refractivity contribution in [2.24, 2.45) is 0 Å². The Kier molecular flexibility index (Phi) is 6.70. The molecule has 0 radical (unpaired) electrons. The van der Waals surface area contributed by atoms with Crippen LogP contribution in [0, 0.1) is 0 Å². The molecule has 1 aliphatic heterocycles. The van der Waals surface area contributed by atoms with Crippen molar-refractivity contribution in [1.82, 2.24) is 10.2 Å². The van der Waals surface area contributed by atoms with Crippen LogP contribution in [0.25, 0.3) is 0 Å². The molecule has 1 aliphatic rings. The molecule has 0 spiro atoms. The van der Waals surface area contributed by atoms with Crippen LogP contribution in [0.4, 0.5) is 0 Å². The highest BCUT2D eigenvalue weighted by Gasteiger charge is 2.29. The number of benzene rings is 1. The third-order valence-corrected chi connectivity index (χ3v) is 4.07. The molecule has 2 rings (SSSR count). The van der Waals surface area contributed by atoms with E-state index in [9.17, 15) is 4.79 Å². The van der Waals surface area contributed by atoms with Gasteiger partial charge < -0.3 is 15.0 Å². The number of rotatable bonds is 9. The molecule has 1 aromatic carbocycles. The average molecular weight is 290 g/mol. The van der Waals surface area contributed by atoms with E-state index in [1.54, 1.807) is 7.11 Å². The first-order valence-corrected chi connectivity index (χ1v) is 7.84. The minimum atomic E-state index is 0.313. The van der Waals surface area contributed by atoms with E-state index in [1.165, 1.54) is 5.56 Å². The summed E-state index contributed by atoms with van der Waals surface area (Å²) >= 11 is 0. The Morgan fingerprint density at radius 3 is 2.86 bits per heavy atom. The summed E-state index contributed by atoms with van der Waals surface area (Å²) in [5.74, 6) is 0.313. The highest BCUT2D eigenvalue weighted by Crippen LogP contribution is 2.21. The van der Waals surface area contributed by atoms with Gasteiger partial charge in [0.05, 0.1) is 6.61 Å².